The minimum absolute atomic E-state index is 0.0855. The third-order valence-electron chi connectivity index (χ3n) is 4.20. The van der Waals surface area contributed by atoms with Gasteiger partial charge in [0.25, 0.3) is 0 Å². The Balaban J connectivity index is 2.22. The number of aromatic nitrogens is 2. The summed E-state index contributed by atoms with van der Waals surface area (Å²) in [7, 11) is 0. The lowest BCUT2D eigenvalue weighted by molar-refractivity contribution is 0.0542. The van der Waals surface area contributed by atoms with E-state index >= 15 is 0 Å². The van der Waals surface area contributed by atoms with E-state index in [0.29, 0.717) is 17.6 Å². The first-order valence-electron chi connectivity index (χ1n) is 6.96. The number of ether oxygens (including phenoxy) is 1. The van der Waals surface area contributed by atoms with E-state index in [1.165, 1.54) is 0 Å². The highest BCUT2D eigenvalue weighted by Gasteiger charge is 2.42. The molecule has 0 aliphatic carbocycles. The van der Waals surface area contributed by atoms with E-state index in [2.05, 4.69) is 51.7 Å². The topological polar surface area (TPSA) is 74.2 Å². The van der Waals surface area contributed by atoms with E-state index in [1.54, 1.807) is 0 Å². The first-order valence-corrected chi connectivity index (χ1v) is 6.96. The van der Waals surface area contributed by atoms with E-state index < -0.39 is 0 Å². The molecule has 2 heterocycles. The average molecular weight is 267 g/mol. The lowest BCUT2D eigenvalue weighted by Crippen LogP contribution is -2.27. The van der Waals surface area contributed by atoms with Crippen LogP contribution in [-0.2, 0) is 4.74 Å². The number of nitrogens with zero attached hydrogens (tertiary/aromatic N) is 2. The molecule has 5 unspecified atom stereocenters. The Labute approximate surface area is 114 Å². The normalized spacial score (nSPS) is 33.6. The zero-order valence-electron chi connectivity index (χ0n) is 12.7. The maximum absolute atomic E-state index is 6.16. The molecule has 5 heteroatoms. The molecule has 2 N–H and O–H groups in total. The Hall–Kier alpha value is -0.940. The molecule has 2 rings (SSSR count). The molecule has 0 amide bonds. The van der Waals surface area contributed by atoms with Gasteiger partial charge in [0.2, 0.25) is 5.89 Å². The number of hydrogen-bond donors (Lipinski definition) is 1. The van der Waals surface area contributed by atoms with Gasteiger partial charge in [-0.25, -0.2) is 0 Å². The molecule has 0 aromatic carbocycles. The summed E-state index contributed by atoms with van der Waals surface area (Å²) >= 11 is 0. The maximum atomic E-state index is 6.16. The summed E-state index contributed by atoms with van der Waals surface area (Å²) in [5, 5.41) is 4.05. The Morgan fingerprint density at radius 2 is 1.79 bits per heavy atom. The Kier molecular flexibility index (Phi) is 3.71. The van der Waals surface area contributed by atoms with Crippen molar-refractivity contribution in [3.05, 3.63) is 11.7 Å². The van der Waals surface area contributed by atoms with E-state index in [4.69, 9.17) is 15.0 Å². The molecule has 1 aromatic heterocycles. The first kappa shape index (κ1) is 14.5. The summed E-state index contributed by atoms with van der Waals surface area (Å²) in [6, 6.07) is -0.227. The van der Waals surface area contributed by atoms with Gasteiger partial charge in [0.15, 0.2) is 5.82 Å². The van der Waals surface area contributed by atoms with Crippen LogP contribution in [0.5, 0.6) is 0 Å². The van der Waals surface area contributed by atoms with Crippen LogP contribution >= 0.6 is 0 Å². The lowest BCUT2D eigenvalue weighted by Gasteiger charge is -2.23. The average Bonchev–Trinajstić information content (AvgIpc) is 2.83. The summed E-state index contributed by atoms with van der Waals surface area (Å²) in [6.45, 7) is 12.5. The van der Waals surface area contributed by atoms with Crippen LogP contribution < -0.4 is 5.73 Å². The van der Waals surface area contributed by atoms with Crippen LogP contribution in [0.15, 0.2) is 4.52 Å². The molecule has 0 radical (unpaired) electrons. The highest BCUT2D eigenvalue weighted by atomic mass is 16.5. The van der Waals surface area contributed by atoms with Crippen molar-refractivity contribution >= 4 is 0 Å². The van der Waals surface area contributed by atoms with Gasteiger partial charge >= 0.3 is 0 Å². The van der Waals surface area contributed by atoms with E-state index in [1.807, 2.05) is 0 Å². The van der Waals surface area contributed by atoms with Gasteiger partial charge in [0, 0.05) is 0 Å². The van der Waals surface area contributed by atoms with E-state index in [-0.39, 0.29) is 29.6 Å². The summed E-state index contributed by atoms with van der Waals surface area (Å²) in [5.41, 5.74) is 6.08. The fourth-order valence-corrected chi connectivity index (χ4v) is 2.59. The molecule has 5 atom stereocenters. The van der Waals surface area contributed by atoms with Crippen LogP contribution in [0, 0.1) is 11.3 Å². The fourth-order valence-electron chi connectivity index (χ4n) is 2.59. The van der Waals surface area contributed by atoms with Gasteiger partial charge in [-0.3, -0.25) is 0 Å². The largest absolute Gasteiger partial charge is 0.374 e. The zero-order valence-corrected chi connectivity index (χ0v) is 12.7. The molecular weight excluding hydrogens is 242 g/mol. The number of nitrogens with two attached hydrogens (primary N) is 1. The molecule has 0 spiro atoms. The summed E-state index contributed by atoms with van der Waals surface area (Å²) in [6.07, 6.45) is 0.316. The Morgan fingerprint density at radius 1 is 1.16 bits per heavy atom. The van der Waals surface area contributed by atoms with Gasteiger partial charge in [0.1, 0.15) is 0 Å². The van der Waals surface area contributed by atoms with Crippen LogP contribution in [0.4, 0.5) is 0 Å². The van der Waals surface area contributed by atoms with Gasteiger partial charge in [-0.15, -0.1) is 0 Å². The molecule has 0 bridgehead atoms. The second kappa shape index (κ2) is 4.87. The molecule has 1 aliphatic rings. The van der Waals surface area contributed by atoms with Gasteiger partial charge in [-0.1, -0.05) is 32.9 Å². The molecule has 1 fully saturated rings. The summed E-state index contributed by atoms with van der Waals surface area (Å²) in [4.78, 5) is 4.51. The fraction of sp³-hybridized carbons (Fsp3) is 0.857. The number of rotatable bonds is 2. The maximum Gasteiger partial charge on any atom is 0.232 e. The molecule has 108 valence electrons. The third-order valence-corrected chi connectivity index (χ3v) is 4.20. The molecule has 5 nitrogen and oxygen atoms in total. The van der Waals surface area contributed by atoms with Gasteiger partial charge < -0.3 is 15.0 Å². The molecule has 1 aliphatic heterocycles. The van der Waals surface area contributed by atoms with Crippen LogP contribution in [0.2, 0.25) is 0 Å². The molecule has 1 aromatic rings. The predicted octanol–water partition coefficient (Wildman–Crippen LogP) is 2.64. The highest BCUT2D eigenvalue weighted by Crippen LogP contribution is 2.39. The Bertz CT molecular complexity index is 438. The van der Waals surface area contributed by atoms with Gasteiger partial charge in [0.05, 0.1) is 24.2 Å². The minimum Gasteiger partial charge on any atom is -0.374 e. The number of hydrogen-bond acceptors (Lipinski definition) is 5. The standard InChI is InChI=1S/C14H25N3O2/c1-7-8(2)18-9(3)10(7)13-16-12(17-19-13)11(15)14(4,5)6/h7-11H,15H2,1-6H3. The molecular formula is C14H25N3O2. The van der Waals surface area contributed by atoms with Crippen LogP contribution in [0.25, 0.3) is 0 Å². The minimum atomic E-state index is -0.227. The zero-order chi connectivity index (χ0) is 14.4. The quantitative estimate of drug-likeness (QED) is 0.891. The van der Waals surface area contributed by atoms with Crippen LogP contribution in [0.3, 0.4) is 0 Å². The van der Waals surface area contributed by atoms with Crippen molar-refractivity contribution in [2.24, 2.45) is 17.1 Å². The molecule has 1 saturated heterocycles. The second-order valence-electron chi connectivity index (χ2n) is 6.77. The third kappa shape index (κ3) is 2.67. The molecule has 19 heavy (non-hydrogen) atoms. The van der Waals surface area contributed by atoms with E-state index in [0.717, 1.165) is 0 Å². The van der Waals surface area contributed by atoms with Gasteiger partial charge in [-0.2, -0.15) is 4.98 Å². The lowest BCUT2D eigenvalue weighted by atomic mass is 9.87. The summed E-state index contributed by atoms with van der Waals surface area (Å²) in [5.74, 6) is 1.76. The first-order chi connectivity index (χ1) is 8.71. The highest BCUT2D eigenvalue weighted by molar-refractivity contribution is 5.06. The predicted molar refractivity (Wildman–Crippen MR) is 72.6 cm³/mol. The van der Waals surface area contributed by atoms with Crippen molar-refractivity contribution < 1.29 is 9.26 Å². The van der Waals surface area contributed by atoms with Gasteiger partial charge in [-0.05, 0) is 25.2 Å². The van der Waals surface area contributed by atoms with Crippen molar-refractivity contribution in [2.45, 2.75) is 65.7 Å². The van der Waals surface area contributed by atoms with Crippen molar-refractivity contribution in [1.29, 1.82) is 0 Å². The monoisotopic (exact) mass is 267 g/mol. The van der Waals surface area contributed by atoms with E-state index in [9.17, 15) is 0 Å². The van der Waals surface area contributed by atoms with Crippen LogP contribution in [-0.4, -0.2) is 22.3 Å². The SMILES string of the molecule is CC1OC(C)C(c2nc(C(N)C(C)(C)C)no2)C1C. The Morgan fingerprint density at radius 3 is 2.26 bits per heavy atom. The van der Waals surface area contributed by atoms with Crippen molar-refractivity contribution in [3.8, 4) is 0 Å². The smallest absolute Gasteiger partial charge is 0.232 e. The molecule has 0 saturated carbocycles. The van der Waals surface area contributed by atoms with Crippen molar-refractivity contribution in [3.63, 3.8) is 0 Å². The van der Waals surface area contributed by atoms with Crippen LogP contribution in [0.1, 0.15) is 65.2 Å². The van der Waals surface area contributed by atoms with Crippen molar-refractivity contribution in [1.82, 2.24) is 10.1 Å². The second-order valence-corrected chi connectivity index (χ2v) is 6.77. The summed E-state index contributed by atoms with van der Waals surface area (Å²) < 4.78 is 11.3. The van der Waals surface area contributed by atoms with Crippen molar-refractivity contribution in [2.75, 3.05) is 0 Å².